The van der Waals surface area contributed by atoms with Gasteiger partial charge in [0.05, 0.1) is 0 Å². The SMILES string of the molecule is CCl.Cc1cc(C(c2ccc(N)cc2)c2ccc(N)cc2)ccc1N. The molecule has 0 aliphatic heterocycles. The molecule has 0 saturated carbocycles. The van der Waals surface area contributed by atoms with Gasteiger partial charge < -0.3 is 17.2 Å². The highest BCUT2D eigenvalue weighted by Gasteiger charge is 2.17. The fourth-order valence-electron chi connectivity index (χ4n) is 2.83. The maximum Gasteiger partial charge on any atom is 0.0343 e. The van der Waals surface area contributed by atoms with Crippen LogP contribution in [0.5, 0.6) is 0 Å². The number of benzene rings is 3. The van der Waals surface area contributed by atoms with Crippen LogP contribution in [0.1, 0.15) is 28.2 Å². The second-order valence-electron chi connectivity index (χ2n) is 5.88. The third-order valence-electron chi connectivity index (χ3n) is 4.17. The van der Waals surface area contributed by atoms with E-state index in [4.69, 9.17) is 17.2 Å². The molecule has 0 unspecified atom stereocenters. The van der Waals surface area contributed by atoms with E-state index in [2.05, 4.69) is 48.0 Å². The van der Waals surface area contributed by atoms with Crippen molar-refractivity contribution in [1.82, 2.24) is 0 Å². The fourth-order valence-corrected chi connectivity index (χ4v) is 2.83. The van der Waals surface area contributed by atoms with Crippen LogP contribution in [0.3, 0.4) is 0 Å². The zero-order valence-corrected chi connectivity index (χ0v) is 15.3. The van der Waals surface area contributed by atoms with E-state index in [9.17, 15) is 0 Å². The van der Waals surface area contributed by atoms with Gasteiger partial charge in [-0.2, -0.15) is 0 Å². The minimum atomic E-state index is 0.121. The summed E-state index contributed by atoms with van der Waals surface area (Å²) in [6.07, 6.45) is 1.47. The molecule has 130 valence electrons. The number of hydrogen-bond donors (Lipinski definition) is 3. The zero-order chi connectivity index (χ0) is 18.4. The van der Waals surface area contributed by atoms with Crippen LogP contribution in [-0.2, 0) is 0 Å². The molecule has 3 nitrogen and oxygen atoms in total. The summed E-state index contributed by atoms with van der Waals surface area (Å²) in [4.78, 5) is 0. The summed E-state index contributed by atoms with van der Waals surface area (Å²) in [5.41, 5.74) is 24.6. The average molecular weight is 354 g/mol. The first-order valence-corrected chi connectivity index (χ1v) is 8.75. The van der Waals surface area contributed by atoms with Crippen molar-refractivity contribution in [2.75, 3.05) is 23.6 Å². The molecule has 0 atom stereocenters. The van der Waals surface area contributed by atoms with Gasteiger partial charge in [-0.15, -0.1) is 11.6 Å². The number of halogens is 1. The molecule has 0 amide bonds. The summed E-state index contributed by atoms with van der Waals surface area (Å²) in [7, 11) is 0. The lowest BCUT2D eigenvalue weighted by atomic mass is 9.84. The smallest absolute Gasteiger partial charge is 0.0343 e. The Balaban J connectivity index is 0.00000109. The highest BCUT2D eigenvalue weighted by atomic mass is 35.5. The van der Waals surface area contributed by atoms with Gasteiger partial charge in [-0.25, -0.2) is 0 Å². The van der Waals surface area contributed by atoms with Crippen LogP contribution >= 0.6 is 11.6 Å². The monoisotopic (exact) mass is 353 g/mol. The van der Waals surface area contributed by atoms with Gasteiger partial charge in [0.25, 0.3) is 0 Å². The first kappa shape index (κ1) is 18.7. The highest BCUT2D eigenvalue weighted by Crippen LogP contribution is 2.34. The largest absolute Gasteiger partial charge is 0.399 e. The van der Waals surface area contributed by atoms with Crippen molar-refractivity contribution in [3.8, 4) is 0 Å². The highest BCUT2D eigenvalue weighted by molar-refractivity contribution is 6.15. The number of hydrogen-bond acceptors (Lipinski definition) is 3. The number of alkyl halides is 1. The van der Waals surface area contributed by atoms with Crippen LogP contribution in [0.2, 0.25) is 0 Å². The Kier molecular flexibility index (Phi) is 6.31. The molecule has 0 aliphatic rings. The van der Waals surface area contributed by atoms with E-state index in [0.29, 0.717) is 0 Å². The Morgan fingerprint density at radius 3 is 1.44 bits per heavy atom. The van der Waals surface area contributed by atoms with E-state index >= 15 is 0 Å². The summed E-state index contributed by atoms with van der Waals surface area (Å²) in [6.45, 7) is 2.03. The predicted molar refractivity (Wildman–Crippen MR) is 110 cm³/mol. The van der Waals surface area contributed by atoms with E-state index in [1.807, 2.05) is 37.3 Å². The Morgan fingerprint density at radius 1 is 0.640 bits per heavy atom. The summed E-state index contributed by atoms with van der Waals surface area (Å²) in [5.74, 6) is 0.121. The van der Waals surface area contributed by atoms with Crippen LogP contribution in [0.25, 0.3) is 0 Å². The third kappa shape index (κ3) is 4.46. The average Bonchev–Trinajstić information content (AvgIpc) is 2.63. The second kappa shape index (κ2) is 8.45. The number of nitrogens with two attached hydrogens (primary N) is 3. The quantitative estimate of drug-likeness (QED) is 0.360. The van der Waals surface area contributed by atoms with Gasteiger partial charge in [0, 0.05) is 29.4 Å². The van der Waals surface area contributed by atoms with E-state index < -0.39 is 0 Å². The molecule has 3 aromatic carbocycles. The summed E-state index contributed by atoms with van der Waals surface area (Å²) in [5, 5.41) is 0. The molecule has 0 fully saturated rings. The fraction of sp³-hybridized carbons (Fsp3) is 0.143. The van der Waals surface area contributed by atoms with Crippen LogP contribution in [0.15, 0.2) is 66.7 Å². The Morgan fingerprint density at radius 2 is 1.04 bits per heavy atom. The molecule has 4 heteroatoms. The topological polar surface area (TPSA) is 78.1 Å². The maximum absolute atomic E-state index is 5.97. The minimum Gasteiger partial charge on any atom is -0.399 e. The number of anilines is 3. The van der Waals surface area contributed by atoms with E-state index in [-0.39, 0.29) is 5.92 Å². The predicted octanol–water partition coefficient (Wildman–Crippen LogP) is 4.78. The number of nitrogen functional groups attached to an aromatic ring is 3. The molecule has 0 spiro atoms. The second-order valence-corrected chi connectivity index (χ2v) is 5.88. The molecule has 25 heavy (non-hydrogen) atoms. The zero-order valence-electron chi connectivity index (χ0n) is 14.5. The molecule has 0 aliphatic carbocycles. The van der Waals surface area contributed by atoms with Crippen LogP contribution in [0.4, 0.5) is 17.1 Å². The van der Waals surface area contributed by atoms with Gasteiger partial charge in [0.15, 0.2) is 0 Å². The van der Waals surface area contributed by atoms with Gasteiger partial charge >= 0.3 is 0 Å². The molecular formula is C21H24ClN3. The number of aryl methyl sites for hydroxylation is 1. The first-order valence-electron chi connectivity index (χ1n) is 7.99. The molecule has 3 aromatic rings. The summed E-state index contributed by atoms with van der Waals surface area (Å²) >= 11 is 4.64. The van der Waals surface area contributed by atoms with E-state index in [0.717, 1.165) is 22.6 Å². The Hall–Kier alpha value is -2.65. The van der Waals surface area contributed by atoms with Gasteiger partial charge in [0.1, 0.15) is 0 Å². The lowest BCUT2D eigenvalue weighted by molar-refractivity contribution is 0.975. The normalized spacial score (nSPS) is 10.2. The molecule has 3 rings (SSSR count). The van der Waals surface area contributed by atoms with Crippen molar-refractivity contribution in [3.63, 3.8) is 0 Å². The van der Waals surface area contributed by atoms with Crippen LogP contribution in [0, 0.1) is 6.92 Å². The Labute approximate surface area is 154 Å². The lowest BCUT2D eigenvalue weighted by Crippen LogP contribution is -2.05. The van der Waals surface area contributed by atoms with Crippen molar-refractivity contribution in [1.29, 1.82) is 0 Å². The summed E-state index contributed by atoms with van der Waals surface area (Å²) < 4.78 is 0. The molecule has 0 bridgehead atoms. The van der Waals surface area contributed by atoms with E-state index in [1.54, 1.807) is 0 Å². The van der Waals surface area contributed by atoms with Crippen molar-refractivity contribution < 1.29 is 0 Å². The van der Waals surface area contributed by atoms with Gasteiger partial charge in [-0.1, -0.05) is 36.4 Å². The molecule has 0 radical (unpaired) electrons. The van der Waals surface area contributed by atoms with Crippen LogP contribution < -0.4 is 17.2 Å². The van der Waals surface area contributed by atoms with Crippen molar-refractivity contribution in [3.05, 3.63) is 89.0 Å². The molecule has 6 N–H and O–H groups in total. The standard InChI is InChI=1S/C20H21N3.CH3Cl/c1-13-12-16(6-11-19(13)23)20(14-2-7-17(21)8-3-14)15-4-9-18(22)10-5-15;1-2/h2-12,20H,21-23H2,1H3;1H3. The van der Waals surface area contributed by atoms with Crippen LogP contribution in [-0.4, -0.2) is 6.38 Å². The van der Waals surface area contributed by atoms with Crippen molar-refractivity contribution >= 4 is 28.7 Å². The van der Waals surface area contributed by atoms with Gasteiger partial charge in [-0.05, 0) is 59.5 Å². The van der Waals surface area contributed by atoms with Crippen molar-refractivity contribution in [2.45, 2.75) is 12.8 Å². The third-order valence-corrected chi connectivity index (χ3v) is 4.17. The minimum absolute atomic E-state index is 0.121. The molecule has 0 aromatic heterocycles. The number of rotatable bonds is 3. The molecule has 0 saturated heterocycles. The first-order chi connectivity index (χ1) is 12.0. The molecule has 0 heterocycles. The Bertz CT molecular complexity index is 766. The summed E-state index contributed by atoms with van der Waals surface area (Å²) in [6, 6.07) is 22.2. The maximum atomic E-state index is 5.97. The van der Waals surface area contributed by atoms with Gasteiger partial charge in [-0.3, -0.25) is 0 Å². The van der Waals surface area contributed by atoms with Gasteiger partial charge in [0.2, 0.25) is 0 Å². The molecular weight excluding hydrogens is 330 g/mol. The lowest BCUT2D eigenvalue weighted by Gasteiger charge is -2.20. The van der Waals surface area contributed by atoms with E-state index in [1.165, 1.54) is 23.1 Å². The van der Waals surface area contributed by atoms with Crippen molar-refractivity contribution in [2.24, 2.45) is 0 Å².